The van der Waals surface area contributed by atoms with Crippen LogP contribution in [0.3, 0.4) is 0 Å². The summed E-state index contributed by atoms with van der Waals surface area (Å²) in [6, 6.07) is 2.35. The third-order valence-electron chi connectivity index (χ3n) is 4.26. The summed E-state index contributed by atoms with van der Waals surface area (Å²) in [6.07, 6.45) is 3.28. The molecule has 0 aromatic heterocycles. The van der Waals surface area contributed by atoms with E-state index in [4.69, 9.17) is 5.26 Å². The maximum Gasteiger partial charge on any atom is 0.103 e. The molecule has 0 radical (unpaired) electrons. The molecule has 0 saturated carbocycles. The van der Waals surface area contributed by atoms with Gasteiger partial charge in [0.2, 0.25) is 0 Å². The molecule has 1 heterocycles. The monoisotopic (exact) mass is 237 g/mol. The molecule has 3 heteroatoms. The van der Waals surface area contributed by atoms with Gasteiger partial charge in [-0.05, 0) is 51.6 Å². The molecule has 1 N–H and O–H groups in total. The van der Waals surface area contributed by atoms with Crippen molar-refractivity contribution < 1.29 is 0 Å². The zero-order valence-corrected chi connectivity index (χ0v) is 11.8. The van der Waals surface area contributed by atoms with Gasteiger partial charge < -0.3 is 10.2 Å². The Hall–Kier alpha value is -0.590. The maximum atomic E-state index is 9.04. The van der Waals surface area contributed by atoms with Gasteiger partial charge in [0.15, 0.2) is 0 Å². The standard InChI is InChI=1S/C14H27N3/c1-12-9-17(10-13(12)2)8-6-5-7-14(3,11-15)16-4/h12-13,16H,5-10H2,1-4H3. The summed E-state index contributed by atoms with van der Waals surface area (Å²) in [5.41, 5.74) is -0.342. The van der Waals surface area contributed by atoms with Crippen LogP contribution in [0.4, 0.5) is 0 Å². The van der Waals surface area contributed by atoms with Crippen LogP contribution in [0.15, 0.2) is 0 Å². The fourth-order valence-electron chi connectivity index (χ4n) is 2.48. The van der Waals surface area contributed by atoms with Crippen molar-refractivity contribution in [3.8, 4) is 6.07 Å². The number of likely N-dealkylation sites (tertiary alicyclic amines) is 1. The third-order valence-corrected chi connectivity index (χ3v) is 4.26. The number of nitrogens with one attached hydrogen (secondary N) is 1. The number of nitrogens with zero attached hydrogens (tertiary/aromatic N) is 2. The molecule has 1 rings (SSSR count). The van der Waals surface area contributed by atoms with Crippen molar-refractivity contribution in [1.29, 1.82) is 5.26 Å². The normalized spacial score (nSPS) is 28.9. The predicted octanol–water partition coefficient (Wildman–Crippen LogP) is 2.25. The van der Waals surface area contributed by atoms with E-state index in [-0.39, 0.29) is 5.54 Å². The lowest BCUT2D eigenvalue weighted by Crippen LogP contribution is -2.38. The van der Waals surface area contributed by atoms with Crippen LogP contribution in [-0.4, -0.2) is 37.1 Å². The molecule has 0 aromatic rings. The quantitative estimate of drug-likeness (QED) is 0.720. The second kappa shape index (κ2) is 6.37. The lowest BCUT2D eigenvalue weighted by atomic mass is 9.97. The first-order valence-corrected chi connectivity index (χ1v) is 6.83. The van der Waals surface area contributed by atoms with Gasteiger partial charge >= 0.3 is 0 Å². The minimum atomic E-state index is -0.342. The molecule has 1 saturated heterocycles. The molecule has 0 bridgehead atoms. The molecule has 3 nitrogen and oxygen atoms in total. The van der Waals surface area contributed by atoms with Crippen LogP contribution in [0, 0.1) is 23.2 Å². The van der Waals surface area contributed by atoms with E-state index < -0.39 is 0 Å². The molecular formula is C14H27N3. The van der Waals surface area contributed by atoms with Crippen LogP contribution >= 0.6 is 0 Å². The van der Waals surface area contributed by atoms with E-state index in [9.17, 15) is 0 Å². The Morgan fingerprint density at radius 1 is 1.29 bits per heavy atom. The van der Waals surface area contributed by atoms with Crippen LogP contribution in [0.1, 0.15) is 40.0 Å². The summed E-state index contributed by atoms with van der Waals surface area (Å²) < 4.78 is 0. The molecule has 1 aliphatic heterocycles. The first kappa shape index (κ1) is 14.5. The molecule has 0 aromatic carbocycles. The number of nitriles is 1. The molecule has 17 heavy (non-hydrogen) atoms. The largest absolute Gasteiger partial charge is 0.303 e. The number of hydrogen-bond acceptors (Lipinski definition) is 3. The number of unbranched alkanes of at least 4 members (excludes halogenated alkanes) is 1. The van der Waals surface area contributed by atoms with Gasteiger partial charge in [-0.2, -0.15) is 5.26 Å². The Morgan fingerprint density at radius 3 is 2.35 bits per heavy atom. The summed E-state index contributed by atoms with van der Waals surface area (Å²) in [6.45, 7) is 10.4. The van der Waals surface area contributed by atoms with Gasteiger partial charge in [0.05, 0.1) is 6.07 Å². The van der Waals surface area contributed by atoms with E-state index in [0.29, 0.717) is 0 Å². The zero-order valence-electron chi connectivity index (χ0n) is 11.8. The van der Waals surface area contributed by atoms with Gasteiger partial charge in [-0.1, -0.05) is 13.8 Å². The Labute approximate surface area is 106 Å². The highest BCUT2D eigenvalue weighted by atomic mass is 15.1. The van der Waals surface area contributed by atoms with Crippen LogP contribution in [-0.2, 0) is 0 Å². The first-order valence-electron chi connectivity index (χ1n) is 6.83. The average Bonchev–Trinajstić information content (AvgIpc) is 2.64. The van der Waals surface area contributed by atoms with Gasteiger partial charge in [0, 0.05) is 13.1 Å². The van der Waals surface area contributed by atoms with Crippen molar-refractivity contribution in [1.82, 2.24) is 10.2 Å². The van der Waals surface area contributed by atoms with Crippen molar-refractivity contribution >= 4 is 0 Å². The SMILES string of the molecule is CNC(C)(C#N)CCCCN1CC(C)C(C)C1. The van der Waals surface area contributed by atoms with Crippen LogP contribution in [0.25, 0.3) is 0 Å². The van der Waals surface area contributed by atoms with E-state index in [1.165, 1.54) is 26.1 Å². The van der Waals surface area contributed by atoms with Crippen LogP contribution in [0.5, 0.6) is 0 Å². The molecule has 0 aliphatic carbocycles. The van der Waals surface area contributed by atoms with Crippen molar-refractivity contribution in [2.45, 2.75) is 45.6 Å². The molecule has 3 unspecified atom stereocenters. The Morgan fingerprint density at radius 2 is 1.88 bits per heavy atom. The molecule has 1 aliphatic rings. The minimum Gasteiger partial charge on any atom is -0.303 e. The van der Waals surface area contributed by atoms with Gasteiger partial charge in [-0.25, -0.2) is 0 Å². The summed E-state index contributed by atoms with van der Waals surface area (Å²) in [7, 11) is 1.87. The third kappa shape index (κ3) is 4.29. The fourth-order valence-corrected chi connectivity index (χ4v) is 2.48. The van der Waals surface area contributed by atoms with Gasteiger partial charge in [0.1, 0.15) is 5.54 Å². The van der Waals surface area contributed by atoms with Crippen molar-refractivity contribution in [2.75, 3.05) is 26.7 Å². The van der Waals surface area contributed by atoms with Crippen molar-refractivity contribution in [3.63, 3.8) is 0 Å². The molecule has 0 spiro atoms. The van der Waals surface area contributed by atoms with E-state index >= 15 is 0 Å². The molecule has 98 valence electrons. The Bertz CT molecular complexity index is 261. The second-order valence-electron chi connectivity index (χ2n) is 5.87. The zero-order chi connectivity index (χ0) is 12.9. The lowest BCUT2D eigenvalue weighted by molar-refractivity contribution is 0.307. The first-order chi connectivity index (χ1) is 8.00. The highest BCUT2D eigenvalue weighted by Gasteiger charge is 2.25. The minimum absolute atomic E-state index is 0.342. The summed E-state index contributed by atoms with van der Waals surface area (Å²) >= 11 is 0. The van der Waals surface area contributed by atoms with E-state index in [0.717, 1.165) is 24.7 Å². The topological polar surface area (TPSA) is 39.1 Å². The smallest absolute Gasteiger partial charge is 0.103 e. The molecule has 3 atom stereocenters. The average molecular weight is 237 g/mol. The summed E-state index contributed by atoms with van der Waals surface area (Å²) in [5.74, 6) is 1.69. The Balaban J connectivity index is 2.15. The van der Waals surface area contributed by atoms with Crippen LogP contribution in [0.2, 0.25) is 0 Å². The second-order valence-corrected chi connectivity index (χ2v) is 5.87. The molecule has 0 amide bonds. The van der Waals surface area contributed by atoms with E-state index in [2.05, 4.69) is 30.1 Å². The number of hydrogen-bond donors (Lipinski definition) is 1. The van der Waals surface area contributed by atoms with Crippen molar-refractivity contribution in [2.24, 2.45) is 11.8 Å². The van der Waals surface area contributed by atoms with Gasteiger partial charge in [0.25, 0.3) is 0 Å². The summed E-state index contributed by atoms with van der Waals surface area (Å²) in [5, 5.41) is 12.1. The highest BCUT2D eigenvalue weighted by molar-refractivity contribution is 5.02. The van der Waals surface area contributed by atoms with Crippen LogP contribution < -0.4 is 5.32 Å². The molecule has 1 fully saturated rings. The molecular weight excluding hydrogens is 210 g/mol. The van der Waals surface area contributed by atoms with Gasteiger partial charge in [-0.3, -0.25) is 0 Å². The van der Waals surface area contributed by atoms with Gasteiger partial charge in [-0.15, -0.1) is 0 Å². The summed E-state index contributed by atoms with van der Waals surface area (Å²) in [4.78, 5) is 2.57. The Kier molecular flexibility index (Phi) is 5.42. The van der Waals surface area contributed by atoms with E-state index in [1.54, 1.807) is 0 Å². The van der Waals surface area contributed by atoms with E-state index in [1.807, 2.05) is 14.0 Å². The highest BCUT2D eigenvalue weighted by Crippen LogP contribution is 2.22. The predicted molar refractivity (Wildman–Crippen MR) is 71.7 cm³/mol. The maximum absolute atomic E-state index is 9.04. The van der Waals surface area contributed by atoms with Crippen molar-refractivity contribution in [3.05, 3.63) is 0 Å². The fraction of sp³-hybridized carbons (Fsp3) is 0.929. The lowest BCUT2D eigenvalue weighted by Gasteiger charge is -2.21. The number of rotatable bonds is 6.